The monoisotopic (exact) mass is 266 g/mol. The summed E-state index contributed by atoms with van der Waals surface area (Å²) in [5.41, 5.74) is 5.25. The second-order valence-electron chi connectivity index (χ2n) is 3.62. The van der Waals surface area contributed by atoms with Crippen LogP contribution in [0.4, 0.5) is 4.79 Å². The van der Waals surface area contributed by atoms with Crippen molar-refractivity contribution >= 4 is 17.7 Å². The Morgan fingerprint density at radius 2 is 1.95 bits per heavy atom. The maximum absolute atomic E-state index is 11.2. The molecule has 0 radical (unpaired) electrons. The van der Waals surface area contributed by atoms with Crippen LogP contribution in [-0.4, -0.2) is 31.4 Å². The Balaban J connectivity index is 2.75. The van der Waals surface area contributed by atoms with E-state index in [1.54, 1.807) is 6.07 Å². The van der Waals surface area contributed by atoms with Crippen molar-refractivity contribution in [1.82, 2.24) is 5.32 Å². The molecule has 0 heterocycles. The minimum absolute atomic E-state index is 0.115. The number of carbonyl (C=O) groups is 3. The lowest BCUT2D eigenvalue weighted by Gasteiger charge is -2.10. The number of amides is 3. The number of nitrogens with one attached hydrogen (secondary N) is 1. The summed E-state index contributed by atoms with van der Waals surface area (Å²) in [6.07, 6.45) is 0. The van der Waals surface area contributed by atoms with E-state index in [-0.39, 0.29) is 11.5 Å². The smallest absolute Gasteiger partial charge is 0.318 e. The Labute approximate surface area is 109 Å². The first-order chi connectivity index (χ1) is 8.93. The molecule has 0 saturated heterocycles. The highest BCUT2D eigenvalue weighted by molar-refractivity contribution is 5.95. The predicted octanol–water partition coefficient (Wildman–Crippen LogP) is 0.471. The molecule has 0 atom stereocenters. The van der Waals surface area contributed by atoms with E-state index in [1.807, 2.05) is 5.32 Å². The van der Waals surface area contributed by atoms with Gasteiger partial charge in [-0.3, -0.25) is 14.9 Å². The van der Waals surface area contributed by atoms with Gasteiger partial charge in [-0.15, -0.1) is 0 Å². The van der Waals surface area contributed by atoms with E-state index in [0.717, 1.165) is 0 Å². The van der Waals surface area contributed by atoms with Gasteiger partial charge in [-0.2, -0.15) is 0 Å². The highest BCUT2D eigenvalue weighted by atomic mass is 16.5. The molecule has 19 heavy (non-hydrogen) atoms. The van der Waals surface area contributed by atoms with Crippen molar-refractivity contribution in [3.05, 3.63) is 23.8 Å². The van der Waals surface area contributed by atoms with Gasteiger partial charge in [0, 0.05) is 5.56 Å². The van der Waals surface area contributed by atoms with Crippen LogP contribution in [0.15, 0.2) is 18.2 Å². The number of methoxy groups -OCH3 is 1. The van der Waals surface area contributed by atoms with Crippen molar-refractivity contribution < 1.29 is 23.9 Å². The molecule has 0 spiro atoms. The van der Waals surface area contributed by atoms with E-state index >= 15 is 0 Å². The van der Waals surface area contributed by atoms with E-state index in [9.17, 15) is 14.4 Å². The van der Waals surface area contributed by atoms with Crippen LogP contribution >= 0.6 is 0 Å². The lowest BCUT2D eigenvalue weighted by molar-refractivity contribution is -0.121. The zero-order valence-corrected chi connectivity index (χ0v) is 10.6. The van der Waals surface area contributed by atoms with E-state index in [1.165, 1.54) is 26.2 Å². The fourth-order valence-electron chi connectivity index (χ4n) is 1.32. The van der Waals surface area contributed by atoms with Crippen molar-refractivity contribution in [1.29, 1.82) is 0 Å². The van der Waals surface area contributed by atoms with Crippen molar-refractivity contribution in [2.24, 2.45) is 5.73 Å². The molecule has 0 aromatic heterocycles. The van der Waals surface area contributed by atoms with Gasteiger partial charge >= 0.3 is 6.03 Å². The van der Waals surface area contributed by atoms with Gasteiger partial charge in [0.15, 0.2) is 23.9 Å². The van der Waals surface area contributed by atoms with Crippen LogP contribution in [0.3, 0.4) is 0 Å². The Bertz CT molecular complexity index is 513. The number of Topliss-reactive ketones (excluding diaryl/α,β-unsaturated/α-hetero) is 1. The maximum atomic E-state index is 11.2. The molecule has 0 aliphatic rings. The molecule has 102 valence electrons. The molecule has 0 aliphatic carbocycles. The number of ketones is 1. The Hall–Kier alpha value is -2.57. The summed E-state index contributed by atoms with van der Waals surface area (Å²) in [4.78, 5) is 32.8. The highest BCUT2D eigenvalue weighted by Gasteiger charge is 2.11. The van der Waals surface area contributed by atoms with Crippen molar-refractivity contribution in [3.8, 4) is 11.5 Å². The number of imide groups is 1. The zero-order valence-electron chi connectivity index (χ0n) is 10.6. The topological polar surface area (TPSA) is 108 Å². The predicted molar refractivity (Wildman–Crippen MR) is 66.2 cm³/mol. The number of carbonyl (C=O) groups excluding carboxylic acids is 3. The molecule has 0 saturated carbocycles. The molecule has 7 nitrogen and oxygen atoms in total. The van der Waals surface area contributed by atoms with Crippen LogP contribution in [0.25, 0.3) is 0 Å². The molecule has 3 N–H and O–H groups in total. The van der Waals surface area contributed by atoms with Crippen molar-refractivity contribution in [2.75, 3.05) is 13.7 Å². The number of hydrogen-bond donors (Lipinski definition) is 2. The van der Waals surface area contributed by atoms with Gasteiger partial charge in [-0.1, -0.05) is 0 Å². The van der Waals surface area contributed by atoms with Gasteiger partial charge in [0.05, 0.1) is 7.11 Å². The number of nitrogens with two attached hydrogens (primary N) is 1. The maximum Gasteiger partial charge on any atom is 0.318 e. The Morgan fingerprint density at radius 3 is 2.47 bits per heavy atom. The second kappa shape index (κ2) is 6.39. The first-order valence-electron chi connectivity index (χ1n) is 5.35. The van der Waals surface area contributed by atoms with Crippen LogP contribution in [0.1, 0.15) is 17.3 Å². The lowest BCUT2D eigenvalue weighted by Crippen LogP contribution is -2.38. The SMILES string of the molecule is COc1cc(C(C)=O)ccc1OCC(=O)NC(N)=O. The molecule has 0 bridgehead atoms. The van der Waals surface area contributed by atoms with Crippen LogP contribution in [0.5, 0.6) is 11.5 Å². The molecule has 0 fully saturated rings. The minimum atomic E-state index is -0.951. The van der Waals surface area contributed by atoms with Crippen molar-refractivity contribution in [3.63, 3.8) is 0 Å². The van der Waals surface area contributed by atoms with Crippen LogP contribution in [0.2, 0.25) is 0 Å². The van der Waals surface area contributed by atoms with Gasteiger partial charge in [0.2, 0.25) is 0 Å². The van der Waals surface area contributed by atoms with Crippen LogP contribution in [-0.2, 0) is 4.79 Å². The van der Waals surface area contributed by atoms with Gasteiger partial charge < -0.3 is 15.2 Å². The molecular formula is C12H14N2O5. The standard InChI is InChI=1S/C12H14N2O5/c1-7(15)8-3-4-9(10(5-8)18-2)19-6-11(16)14-12(13)17/h3-5H,6H2,1-2H3,(H3,13,14,16,17). The number of ether oxygens (including phenoxy) is 2. The Kier molecular flexibility index (Phi) is 4.87. The van der Waals surface area contributed by atoms with E-state index in [4.69, 9.17) is 15.2 Å². The third-order valence-corrected chi connectivity index (χ3v) is 2.19. The summed E-state index contributed by atoms with van der Waals surface area (Å²) in [7, 11) is 1.41. The third-order valence-electron chi connectivity index (χ3n) is 2.19. The molecule has 7 heteroatoms. The Morgan fingerprint density at radius 1 is 1.26 bits per heavy atom. The number of primary amides is 1. The molecular weight excluding hydrogens is 252 g/mol. The fraction of sp³-hybridized carbons (Fsp3) is 0.250. The lowest BCUT2D eigenvalue weighted by atomic mass is 10.1. The molecule has 0 aliphatic heterocycles. The van der Waals surface area contributed by atoms with Gasteiger partial charge in [-0.25, -0.2) is 4.79 Å². The average Bonchev–Trinajstić information content (AvgIpc) is 2.35. The van der Waals surface area contributed by atoms with Gasteiger partial charge in [-0.05, 0) is 25.1 Å². The summed E-state index contributed by atoms with van der Waals surface area (Å²) in [5.74, 6) is -0.187. The minimum Gasteiger partial charge on any atom is -0.493 e. The molecule has 0 unspecified atom stereocenters. The molecule has 1 aromatic carbocycles. The third kappa shape index (κ3) is 4.30. The van der Waals surface area contributed by atoms with E-state index < -0.39 is 18.5 Å². The number of urea groups is 1. The number of benzene rings is 1. The number of hydrogen-bond acceptors (Lipinski definition) is 5. The van der Waals surface area contributed by atoms with E-state index in [0.29, 0.717) is 11.3 Å². The first-order valence-corrected chi connectivity index (χ1v) is 5.35. The molecule has 1 rings (SSSR count). The highest BCUT2D eigenvalue weighted by Crippen LogP contribution is 2.28. The van der Waals surface area contributed by atoms with Gasteiger partial charge in [0.1, 0.15) is 0 Å². The fourth-order valence-corrected chi connectivity index (χ4v) is 1.32. The van der Waals surface area contributed by atoms with Crippen LogP contribution < -0.4 is 20.5 Å². The normalized spacial score (nSPS) is 9.58. The van der Waals surface area contributed by atoms with Crippen LogP contribution in [0, 0.1) is 0 Å². The largest absolute Gasteiger partial charge is 0.493 e. The zero-order chi connectivity index (χ0) is 14.4. The summed E-state index contributed by atoms with van der Waals surface area (Å²) >= 11 is 0. The van der Waals surface area contributed by atoms with Gasteiger partial charge in [0.25, 0.3) is 5.91 Å². The average molecular weight is 266 g/mol. The quantitative estimate of drug-likeness (QED) is 0.753. The second-order valence-corrected chi connectivity index (χ2v) is 3.62. The van der Waals surface area contributed by atoms with Crippen molar-refractivity contribution in [2.45, 2.75) is 6.92 Å². The molecule has 1 aromatic rings. The summed E-state index contributed by atoms with van der Waals surface area (Å²) < 4.78 is 10.2. The summed E-state index contributed by atoms with van der Waals surface area (Å²) in [5, 5.41) is 1.86. The number of rotatable bonds is 5. The summed E-state index contributed by atoms with van der Waals surface area (Å²) in [6.45, 7) is 1.04. The molecule has 3 amide bonds. The summed E-state index contributed by atoms with van der Waals surface area (Å²) in [6, 6.07) is 3.61. The van der Waals surface area contributed by atoms with E-state index in [2.05, 4.69) is 0 Å². The first kappa shape index (κ1) is 14.5.